The summed E-state index contributed by atoms with van der Waals surface area (Å²) in [6, 6.07) is 11.7. The molecule has 1 aromatic carbocycles. The topological polar surface area (TPSA) is 70.7 Å². The maximum atomic E-state index is 13.0. The van der Waals surface area contributed by atoms with Crippen LogP contribution in [0.15, 0.2) is 41.8 Å². The Hall–Kier alpha value is -2.51. The highest BCUT2D eigenvalue weighted by Crippen LogP contribution is 2.31. The Morgan fingerprint density at radius 1 is 1.15 bits per heavy atom. The van der Waals surface area contributed by atoms with E-state index in [2.05, 4.69) is 34.1 Å². The van der Waals surface area contributed by atoms with E-state index in [1.54, 1.807) is 11.3 Å². The molecule has 1 amide bonds. The summed E-state index contributed by atoms with van der Waals surface area (Å²) in [7, 11) is 0. The van der Waals surface area contributed by atoms with E-state index < -0.39 is 0 Å². The Kier molecular flexibility index (Phi) is 4.80. The number of aromatic amines is 1. The standard InChI is InChI=1S/C20H20N4OS2/c1-11(2)16(18-22-13-7-4-5-8-14(13)23-18)24-19(25)17-12(3)21-20(27-17)15-9-6-10-26-15/h4-11,16H,1-3H3,(H,22,23)(H,24,25). The van der Waals surface area contributed by atoms with Crippen LogP contribution in [0.25, 0.3) is 20.9 Å². The van der Waals surface area contributed by atoms with Crippen molar-refractivity contribution in [2.24, 2.45) is 5.92 Å². The summed E-state index contributed by atoms with van der Waals surface area (Å²) in [5, 5.41) is 6.05. The van der Waals surface area contributed by atoms with Gasteiger partial charge in [-0.2, -0.15) is 0 Å². The van der Waals surface area contributed by atoms with Gasteiger partial charge in [-0.05, 0) is 36.4 Å². The van der Waals surface area contributed by atoms with Gasteiger partial charge in [0.1, 0.15) is 15.7 Å². The molecule has 3 heterocycles. The number of aromatic nitrogens is 3. The van der Waals surface area contributed by atoms with Crippen LogP contribution < -0.4 is 5.32 Å². The zero-order valence-electron chi connectivity index (χ0n) is 15.3. The largest absolute Gasteiger partial charge is 0.341 e. The average molecular weight is 397 g/mol. The molecule has 138 valence electrons. The van der Waals surface area contributed by atoms with Crippen LogP contribution in [-0.4, -0.2) is 20.9 Å². The molecule has 4 rings (SSSR count). The first-order chi connectivity index (χ1) is 13.0. The Morgan fingerprint density at radius 2 is 1.96 bits per heavy atom. The number of H-pyrrole nitrogens is 1. The normalized spacial score (nSPS) is 12.6. The number of rotatable bonds is 5. The number of benzene rings is 1. The molecule has 0 radical (unpaired) electrons. The molecular formula is C20H20N4OS2. The first-order valence-corrected chi connectivity index (χ1v) is 10.5. The monoisotopic (exact) mass is 396 g/mol. The van der Waals surface area contributed by atoms with Crippen molar-refractivity contribution in [3.8, 4) is 9.88 Å². The number of nitrogens with one attached hydrogen (secondary N) is 2. The van der Waals surface area contributed by atoms with Crippen LogP contribution in [0.2, 0.25) is 0 Å². The van der Waals surface area contributed by atoms with Crippen molar-refractivity contribution in [3.05, 3.63) is 58.2 Å². The van der Waals surface area contributed by atoms with Gasteiger partial charge in [-0.15, -0.1) is 22.7 Å². The van der Waals surface area contributed by atoms with Gasteiger partial charge in [0.15, 0.2) is 0 Å². The van der Waals surface area contributed by atoms with Gasteiger partial charge in [-0.1, -0.05) is 32.0 Å². The summed E-state index contributed by atoms with van der Waals surface area (Å²) < 4.78 is 0. The summed E-state index contributed by atoms with van der Waals surface area (Å²) in [6.07, 6.45) is 0. The molecule has 1 atom stereocenters. The predicted octanol–water partition coefficient (Wildman–Crippen LogP) is 5.18. The van der Waals surface area contributed by atoms with Gasteiger partial charge in [0, 0.05) is 0 Å². The lowest BCUT2D eigenvalue weighted by molar-refractivity contribution is 0.0926. The number of thiazole rings is 1. The summed E-state index contributed by atoms with van der Waals surface area (Å²) in [4.78, 5) is 27.3. The minimum atomic E-state index is -0.198. The van der Waals surface area contributed by atoms with Gasteiger partial charge >= 0.3 is 0 Å². The lowest BCUT2D eigenvalue weighted by Gasteiger charge is -2.20. The first kappa shape index (κ1) is 17.9. The molecule has 0 spiro atoms. The summed E-state index contributed by atoms with van der Waals surface area (Å²) in [6.45, 7) is 6.04. The van der Waals surface area contributed by atoms with Crippen LogP contribution in [0, 0.1) is 12.8 Å². The second kappa shape index (κ2) is 7.25. The number of hydrogen-bond acceptors (Lipinski definition) is 5. The summed E-state index contributed by atoms with van der Waals surface area (Å²) >= 11 is 3.06. The number of nitrogens with zero attached hydrogens (tertiary/aromatic N) is 2. The van der Waals surface area contributed by atoms with Crippen LogP contribution in [0.4, 0.5) is 0 Å². The Balaban J connectivity index is 1.61. The average Bonchev–Trinajstić information content (AvgIpc) is 3.37. The Labute approximate surface area is 165 Å². The van der Waals surface area contributed by atoms with Crippen LogP contribution in [-0.2, 0) is 0 Å². The summed E-state index contributed by atoms with van der Waals surface area (Å²) in [5.41, 5.74) is 2.63. The van der Waals surface area contributed by atoms with E-state index >= 15 is 0 Å². The molecule has 1 unspecified atom stereocenters. The van der Waals surface area contributed by atoms with Crippen molar-refractivity contribution in [1.29, 1.82) is 0 Å². The molecule has 27 heavy (non-hydrogen) atoms. The third-order valence-electron chi connectivity index (χ3n) is 4.39. The van der Waals surface area contributed by atoms with Crippen LogP contribution in [0.3, 0.4) is 0 Å². The third-order valence-corrected chi connectivity index (χ3v) is 6.59. The number of para-hydroxylation sites is 2. The molecule has 4 aromatic rings. The highest BCUT2D eigenvalue weighted by molar-refractivity contribution is 7.22. The molecule has 0 saturated heterocycles. The van der Waals surface area contributed by atoms with Crippen LogP contribution in [0.1, 0.15) is 41.1 Å². The van der Waals surface area contributed by atoms with E-state index in [1.165, 1.54) is 11.3 Å². The van der Waals surface area contributed by atoms with Crippen molar-refractivity contribution < 1.29 is 4.79 Å². The Morgan fingerprint density at radius 3 is 2.67 bits per heavy atom. The van der Waals surface area contributed by atoms with E-state index in [0.717, 1.165) is 32.4 Å². The molecular weight excluding hydrogens is 376 g/mol. The zero-order chi connectivity index (χ0) is 19.0. The minimum absolute atomic E-state index is 0.105. The second-order valence-electron chi connectivity index (χ2n) is 6.75. The third kappa shape index (κ3) is 3.52. The minimum Gasteiger partial charge on any atom is -0.341 e. The molecule has 0 bridgehead atoms. The highest BCUT2D eigenvalue weighted by atomic mass is 32.1. The quantitative estimate of drug-likeness (QED) is 0.488. The fraction of sp³-hybridized carbons (Fsp3) is 0.250. The molecule has 0 saturated carbocycles. The van der Waals surface area contributed by atoms with Crippen molar-refractivity contribution in [1.82, 2.24) is 20.3 Å². The molecule has 0 aliphatic rings. The van der Waals surface area contributed by atoms with Crippen LogP contribution in [0.5, 0.6) is 0 Å². The maximum Gasteiger partial charge on any atom is 0.263 e. The van der Waals surface area contributed by atoms with Crippen LogP contribution >= 0.6 is 22.7 Å². The number of amides is 1. The van der Waals surface area contributed by atoms with E-state index in [9.17, 15) is 4.79 Å². The molecule has 7 heteroatoms. The fourth-order valence-corrected chi connectivity index (χ4v) is 4.76. The Bertz CT molecular complexity index is 1050. The molecule has 5 nitrogen and oxygen atoms in total. The molecule has 0 aliphatic heterocycles. The molecule has 2 N–H and O–H groups in total. The fourth-order valence-electron chi connectivity index (χ4n) is 2.99. The van der Waals surface area contributed by atoms with Gasteiger partial charge < -0.3 is 10.3 Å². The lowest BCUT2D eigenvalue weighted by Crippen LogP contribution is -2.32. The smallest absolute Gasteiger partial charge is 0.263 e. The number of aryl methyl sites for hydroxylation is 1. The lowest BCUT2D eigenvalue weighted by atomic mass is 10.0. The molecule has 3 aromatic heterocycles. The molecule has 0 aliphatic carbocycles. The van der Waals surface area contributed by atoms with Gasteiger partial charge in [0.2, 0.25) is 0 Å². The van der Waals surface area contributed by atoms with E-state index in [1.807, 2.05) is 48.7 Å². The first-order valence-electron chi connectivity index (χ1n) is 8.79. The van der Waals surface area contributed by atoms with E-state index in [0.29, 0.717) is 4.88 Å². The zero-order valence-corrected chi connectivity index (χ0v) is 16.9. The van der Waals surface area contributed by atoms with Gasteiger partial charge in [-0.3, -0.25) is 4.79 Å². The van der Waals surface area contributed by atoms with E-state index in [4.69, 9.17) is 0 Å². The van der Waals surface area contributed by atoms with E-state index in [-0.39, 0.29) is 17.9 Å². The van der Waals surface area contributed by atoms with Gasteiger partial charge in [0.25, 0.3) is 5.91 Å². The molecule has 0 fully saturated rings. The van der Waals surface area contributed by atoms with Crippen molar-refractivity contribution in [2.45, 2.75) is 26.8 Å². The van der Waals surface area contributed by atoms with Crippen molar-refractivity contribution >= 4 is 39.6 Å². The number of carbonyl (C=O) groups excluding carboxylic acids is 1. The number of carbonyl (C=O) groups is 1. The predicted molar refractivity (Wildman–Crippen MR) is 111 cm³/mol. The SMILES string of the molecule is Cc1nc(-c2cccs2)sc1C(=O)NC(c1nc2ccccc2[nH]1)C(C)C. The number of fused-ring (bicyclic) bond motifs is 1. The number of thiophene rings is 1. The van der Waals surface area contributed by atoms with Gasteiger partial charge in [0.05, 0.1) is 27.6 Å². The second-order valence-corrected chi connectivity index (χ2v) is 8.69. The summed E-state index contributed by atoms with van der Waals surface area (Å²) in [5.74, 6) is 0.867. The number of hydrogen-bond donors (Lipinski definition) is 2. The highest BCUT2D eigenvalue weighted by Gasteiger charge is 2.25. The van der Waals surface area contributed by atoms with Crippen molar-refractivity contribution in [2.75, 3.05) is 0 Å². The van der Waals surface area contributed by atoms with Gasteiger partial charge in [-0.25, -0.2) is 9.97 Å². The number of imidazole rings is 1. The van der Waals surface area contributed by atoms with Crippen molar-refractivity contribution in [3.63, 3.8) is 0 Å². The maximum absolute atomic E-state index is 13.0.